The lowest BCUT2D eigenvalue weighted by Gasteiger charge is -2.25. The number of hydrogen-bond acceptors (Lipinski definition) is 3. The van der Waals surface area contributed by atoms with Crippen LogP contribution in [0.3, 0.4) is 0 Å². The molecule has 1 rings (SSSR count). The normalized spacial score (nSPS) is 19.1. The number of nitrogens with one attached hydrogen (secondary N) is 1. The Morgan fingerprint density at radius 1 is 1.33 bits per heavy atom. The molecule has 1 fully saturated rings. The summed E-state index contributed by atoms with van der Waals surface area (Å²) in [6.07, 6.45) is 0.323. The van der Waals surface area contributed by atoms with E-state index in [1.54, 1.807) is 12.0 Å². The summed E-state index contributed by atoms with van der Waals surface area (Å²) >= 11 is 0. The Morgan fingerprint density at radius 3 is 2.48 bits per heavy atom. The minimum atomic E-state index is -0.214. The van der Waals surface area contributed by atoms with Crippen molar-refractivity contribution >= 4 is 11.8 Å². The van der Waals surface area contributed by atoms with Crippen LogP contribution in [0.4, 0.5) is 0 Å². The van der Waals surface area contributed by atoms with Crippen LogP contribution in [0.2, 0.25) is 0 Å². The van der Waals surface area contributed by atoms with Crippen molar-refractivity contribution in [1.29, 1.82) is 0 Å². The second-order valence-electron chi connectivity index (χ2n) is 6.63. The number of carbonyl (C=O) groups is 2. The molecule has 1 heterocycles. The lowest BCUT2D eigenvalue weighted by molar-refractivity contribution is -0.129. The van der Waals surface area contributed by atoms with Crippen molar-refractivity contribution < 1.29 is 14.3 Å². The third kappa shape index (κ3) is 5.30. The van der Waals surface area contributed by atoms with E-state index in [1.165, 1.54) is 0 Å². The maximum absolute atomic E-state index is 12.2. The van der Waals surface area contributed by atoms with Gasteiger partial charge in [-0.05, 0) is 17.8 Å². The number of rotatable bonds is 8. The molecule has 21 heavy (non-hydrogen) atoms. The molecule has 2 amide bonds. The van der Waals surface area contributed by atoms with Gasteiger partial charge in [-0.2, -0.15) is 0 Å². The Kier molecular flexibility index (Phi) is 7.15. The van der Waals surface area contributed by atoms with Crippen LogP contribution in [0.15, 0.2) is 0 Å². The average molecular weight is 298 g/mol. The number of methoxy groups -OCH3 is 1. The number of likely N-dealkylation sites (tertiary alicyclic amines) is 1. The molecule has 5 heteroatoms. The topological polar surface area (TPSA) is 58.6 Å². The van der Waals surface area contributed by atoms with E-state index in [2.05, 4.69) is 33.0 Å². The van der Waals surface area contributed by atoms with Crippen molar-refractivity contribution in [3.05, 3.63) is 0 Å². The van der Waals surface area contributed by atoms with Gasteiger partial charge in [0.25, 0.3) is 0 Å². The highest BCUT2D eigenvalue weighted by molar-refractivity contribution is 5.89. The maximum atomic E-state index is 12.2. The summed E-state index contributed by atoms with van der Waals surface area (Å²) in [4.78, 5) is 25.8. The molecule has 0 aromatic heterocycles. The lowest BCUT2D eigenvalue weighted by Crippen LogP contribution is -2.38. The molecule has 0 bridgehead atoms. The van der Waals surface area contributed by atoms with Crippen LogP contribution >= 0.6 is 0 Å². The van der Waals surface area contributed by atoms with Gasteiger partial charge < -0.3 is 15.0 Å². The molecule has 1 saturated heterocycles. The van der Waals surface area contributed by atoms with Crippen molar-refractivity contribution in [3.63, 3.8) is 0 Å². The van der Waals surface area contributed by atoms with E-state index in [0.29, 0.717) is 50.4 Å². The molecular formula is C16H30N2O3. The predicted octanol–water partition coefficient (Wildman–Crippen LogP) is 1.53. The molecule has 1 aliphatic heterocycles. The molecule has 122 valence electrons. The second kappa shape index (κ2) is 8.37. The van der Waals surface area contributed by atoms with Gasteiger partial charge in [0.15, 0.2) is 0 Å². The first-order chi connectivity index (χ1) is 9.86. The fourth-order valence-electron chi connectivity index (χ4n) is 2.97. The van der Waals surface area contributed by atoms with Gasteiger partial charge in [-0.15, -0.1) is 0 Å². The average Bonchev–Trinajstić information content (AvgIpc) is 2.77. The minimum absolute atomic E-state index is 0.00886. The third-order valence-electron chi connectivity index (χ3n) is 4.38. The van der Waals surface area contributed by atoms with Crippen LogP contribution in [0.1, 0.15) is 34.1 Å². The zero-order valence-electron chi connectivity index (χ0n) is 14.0. The molecule has 0 aromatic rings. The standard InChI is InChI=1S/C16H30N2O3/c1-11(2)14(12(3)4)9-17-16(20)13-8-15(19)18(10-13)6-7-21-5/h11-14H,6-10H2,1-5H3,(H,17,20). The highest BCUT2D eigenvalue weighted by Crippen LogP contribution is 2.21. The van der Waals surface area contributed by atoms with Crippen molar-refractivity contribution in [2.45, 2.75) is 34.1 Å². The quantitative estimate of drug-likeness (QED) is 0.739. The van der Waals surface area contributed by atoms with Crippen LogP contribution in [0, 0.1) is 23.7 Å². The van der Waals surface area contributed by atoms with Gasteiger partial charge in [0, 0.05) is 33.2 Å². The Labute approximate surface area is 128 Å². The van der Waals surface area contributed by atoms with E-state index < -0.39 is 0 Å². The fraction of sp³-hybridized carbons (Fsp3) is 0.875. The van der Waals surface area contributed by atoms with Gasteiger partial charge >= 0.3 is 0 Å². The van der Waals surface area contributed by atoms with Gasteiger partial charge in [0.2, 0.25) is 11.8 Å². The zero-order valence-corrected chi connectivity index (χ0v) is 14.0. The first-order valence-electron chi connectivity index (χ1n) is 7.91. The summed E-state index contributed by atoms with van der Waals surface area (Å²) in [5.41, 5.74) is 0. The SMILES string of the molecule is COCCN1CC(C(=O)NCC(C(C)C)C(C)C)CC1=O. The number of nitrogens with zero attached hydrogens (tertiary/aromatic N) is 1. The molecular weight excluding hydrogens is 268 g/mol. The van der Waals surface area contributed by atoms with Crippen molar-refractivity contribution in [3.8, 4) is 0 Å². The molecule has 1 unspecified atom stereocenters. The number of hydrogen-bond donors (Lipinski definition) is 1. The van der Waals surface area contributed by atoms with Crippen LogP contribution in [-0.4, -0.2) is 50.1 Å². The largest absolute Gasteiger partial charge is 0.383 e. The van der Waals surface area contributed by atoms with Crippen LogP contribution < -0.4 is 5.32 Å². The minimum Gasteiger partial charge on any atom is -0.383 e. The number of ether oxygens (including phenoxy) is 1. The van der Waals surface area contributed by atoms with Gasteiger partial charge in [0.05, 0.1) is 12.5 Å². The number of carbonyl (C=O) groups excluding carboxylic acids is 2. The summed E-state index contributed by atoms with van der Waals surface area (Å²) in [6.45, 7) is 11.0. The molecule has 0 radical (unpaired) electrons. The summed E-state index contributed by atoms with van der Waals surface area (Å²) in [5.74, 6) is 1.39. The van der Waals surface area contributed by atoms with E-state index >= 15 is 0 Å². The molecule has 0 saturated carbocycles. The first kappa shape index (κ1) is 18.0. The monoisotopic (exact) mass is 298 g/mol. The Hall–Kier alpha value is -1.10. The smallest absolute Gasteiger partial charge is 0.225 e. The highest BCUT2D eigenvalue weighted by Gasteiger charge is 2.34. The summed E-state index contributed by atoms with van der Waals surface area (Å²) in [6, 6.07) is 0. The summed E-state index contributed by atoms with van der Waals surface area (Å²) < 4.78 is 4.99. The van der Waals surface area contributed by atoms with Crippen LogP contribution in [0.5, 0.6) is 0 Å². The molecule has 5 nitrogen and oxygen atoms in total. The van der Waals surface area contributed by atoms with E-state index in [1.807, 2.05) is 0 Å². The summed E-state index contributed by atoms with van der Waals surface area (Å²) in [7, 11) is 1.61. The summed E-state index contributed by atoms with van der Waals surface area (Å²) in [5, 5.41) is 3.04. The Bertz CT molecular complexity index is 347. The number of amides is 2. The molecule has 1 atom stereocenters. The molecule has 0 spiro atoms. The van der Waals surface area contributed by atoms with Crippen LogP contribution in [-0.2, 0) is 14.3 Å². The van der Waals surface area contributed by atoms with Gasteiger partial charge in [-0.3, -0.25) is 9.59 Å². The predicted molar refractivity (Wildman–Crippen MR) is 82.7 cm³/mol. The molecule has 0 aliphatic carbocycles. The van der Waals surface area contributed by atoms with Gasteiger partial charge in [-0.1, -0.05) is 27.7 Å². The second-order valence-corrected chi connectivity index (χ2v) is 6.63. The molecule has 1 N–H and O–H groups in total. The highest BCUT2D eigenvalue weighted by atomic mass is 16.5. The Morgan fingerprint density at radius 2 is 1.95 bits per heavy atom. The molecule has 0 aromatic carbocycles. The lowest BCUT2D eigenvalue weighted by atomic mass is 9.85. The van der Waals surface area contributed by atoms with E-state index in [-0.39, 0.29) is 17.7 Å². The third-order valence-corrected chi connectivity index (χ3v) is 4.38. The van der Waals surface area contributed by atoms with E-state index in [9.17, 15) is 9.59 Å². The maximum Gasteiger partial charge on any atom is 0.225 e. The zero-order chi connectivity index (χ0) is 16.0. The van der Waals surface area contributed by atoms with E-state index in [0.717, 1.165) is 0 Å². The molecule has 1 aliphatic rings. The van der Waals surface area contributed by atoms with Gasteiger partial charge in [-0.25, -0.2) is 0 Å². The van der Waals surface area contributed by atoms with Crippen molar-refractivity contribution in [2.75, 3.05) is 33.4 Å². The van der Waals surface area contributed by atoms with Crippen molar-refractivity contribution in [2.24, 2.45) is 23.7 Å². The first-order valence-corrected chi connectivity index (χ1v) is 7.91. The Balaban J connectivity index is 2.44. The fourth-order valence-corrected chi connectivity index (χ4v) is 2.97. The van der Waals surface area contributed by atoms with E-state index in [4.69, 9.17) is 4.74 Å². The van der Waals surface area contributed by atoms with Gasteiger partial charge in [0.1, 0.15) is 0 Å². The van der Waals surface area contributed by atoms with Crippen molar-refractivity contribution in [1.82, 2.24) is 10.2 Å². The van der Waals surface area contributed by atoms with Crippen LogP contribution in [0.25, 0.3) is 0 Å².